The molecule has 0 aliphatic carbocycles. The number of aryl methyl sites for hydroxylation is 1. The van der Waals surface area contributed by atoms with Crippen molar-refractivity contribution < 1.29 is 4.79 Å². The minimum Gasteiger partial charge on any atom is -0.353 e. The highest BCUT2D eigenvalue weighted by Crippen LogP contribution is 2.11. The third-order valence-corrected chi connectivity index (χ3v) is 2.92. The first-order valence-electron chi connectivity index (χ1n) is 6.24. The van der Waals surface area contributed by atoms with Crippen molar-refractivity contribution in [1.82, 2.24) is 15.1 Å². The van der Waals surface area contributed by atoms with Gasteiger partial charge in [-0.05, 0) is 18.6 Å². The lowest BCUT2D eigenvalue weighted by Gasteiger charge is -2.12. The van der Waals surface area contributed by atoms with Crippen molar-refractivity contribution in [1.29, 1.82) is 0 Å². The lowest BCUT2D eigenvalue weighted by Crippen LogP contribution is -2.35. The monoisotopic (exact) mass is 294 g/mol. The zero-order chi connectivity index (χ0) is 13.7. The first kappa shape index (κ1) is 16.2. The van der Waals surface area contributed by atoms with E-state index in [4.69, 9.17) is 5.73 Å². The quantitative estimate of drug-likeness (QED) is 0.876. The molecule has 1 aromatic heterocycles. The zero-order valence-corrected chi connectivity index (χ0v) is 12.1. The molecule has 1 unspecified atom stereocenters. The number of carbonyl (C=O) groups is 1. The van der Waals surface area contributed by atoms with E-state index in [1.165, 1.54) is 0 Å². The third-order valence-electron chi connectivity index (χ3n) is 2.92. The first-order valence-corrected chi connectivity index (χ1v) is 6.24. The Morgan fingerprint density at radius 2 is 2.10 bits per heavy atom. The highest BCUT2D eigenvalue weighted by atomic mass is 35.5. The molecule has 5 nitrogen and oxygen atoms in total. The Kier molecular flexibility index (Phi) is 6.21. The van der Waals surface area contributed by atoms with Crippen LogP contribution in [0.1, 0.15) is 17.2 Å². The van der Waals surface area contributed by atoms with Crippen molar-refractivity contribution in [3.63, 3.8) is 0 Å². The molecule has 6 heteroatoms. The van der Waals surface area contributed by atoms with Gasteiger partial charge >= 0.3 is 0 Å². The molecular formula is C14H19ClN4O. The van der Waals surface area contributed by atoms with E-state index in [9.17, 15) is 4.79 Å². The van der Waals surface area contributed by atoms with E-state index in [-0.39, 0.29) is 18.3 Å². The van der Waals surface area contributed by atoms with Gasteiger partial charge in [0.25, 0.3) is 0 Å². The van der Waals surface area contributed by atoms with Gasteiger partial charge in [0.2, 0.25) is 5.91 Å². The van der Waals surface area contributed by atoms with Gasteiger partial charge in [0, 0.05) is 18.9 Å². The second kappa shape index (κ2) is 7.67. The number of rotatable bonds is 5. The number of carbonyl (C=O) groups excluding carboxylic acids is 1. The minimum absolute atomic E-state index is 0. The van der Waals surface area contributed by atoms with Crippen LogP contribution in [-0.2, 0) is 11.3 Å². The van der Waals surface area contributed by atoms with Gasteiger partial charge in [0.15, 0.2) is 0 Å². The van der Waals surface area contributed by atoms with Crippen molar-refractivity contribution in [3.8, 4) is 0 Å². The van der Waals surface area contributed by atoms with Gasteiger partial charge in [0.05, 0.1) is 6.54 Å². The van der Waals surface area contributed by atoms with E-state index < -0.39 is 6.04 Å². The molecule has 108 valence electrons. The van der Waals surface area contributed by atoms with E-state index >= 15 is 0 Å². The van der Waals surface area contributed by atoms with Crippen LogP contribution in [0.4, 0.5) is 0 Å². The molecule has 1 heterocycles. The summed E-state index contributed by atoms with van der Waals surface area (Å²) in [6, 6.07) is 8.89. The Balaban J connectivity index is 0.00000200. The van der Waals surface area contributed by atoms with Crippen LogP contribution >= 0.6 is 12.4 Å². The lowest BCUT2D eigenvalue weighted by molar-refractivity contribution is -0.122. The summed E-state index contributed by atoms with van der Waals surface area (Å²) in [7, 11) is 0. The molecule has 3 N–H and O–H groups in total. The second-order valence-corrected chi connectivity index (χ2v) is 4.45. The summed E-state index contributed by atoms with van der Waals surface area (Å²) in [6.07, 6.45) is 3.56. The average molecular weight is 295 g/mol. The van der Waals surface area contributed by atoms with Crippen LogP contribution in [0.2, 0.25) is 0 Å². The first-order chi connectivity index (χ1) is 9.16. The molecule has 20 heavy (non-hydrogen) atoms. The van der Waals surface area contributed by atoms with Crippen LogP contribution in [0, 0.1) is 6.92 Å². The Bertz CT molecular complexity index is 525. The Morgan fingerprint density at radius 3 is 2.70 bits per heavy atom. The van der Waals surface area contributed by atoms with Gasteiger partial charge in [-0.1, -0.05) is 29.8 Å². The van der Waals surface area contributed by atoms with Crippen LogP contribution in [0.25, 0.3) is 0 Å². The van der Waals surface area contributed by atoms with E-state index in [0.29, 0.717) is 13.1 Å². The molecule has 1 amide bonds. The summed E-state index contributed by atoms with van der Waals surface area (Å²) < 4.78 is 1.76. The number of amides is 1. The lowest BCUT2D eigenvalue weighted by atomic mass is 10.1. The summed E-state index contributed by atoms with van der Waals surface area (Å²) in [4.78, 5) is 11.9. The number of nitrogens with two attached hydrogens (primary N) is 1. The Hall–Kier alpha value is -1.85. The molecule has 1 atom stereocenters. The van der Waals surface area contributed by atoms with Gasteiger partial charge in [0.1, 0.15) is 6.04 Å². The summed E-state index contributed by atoms with van der Waals surface area (Å²) in [5.41, 5.74) is 7.88. The van der Waals surface area contributed by atoms with Crippen molar-refractivity contribution in [2.24, 2.45) is 5.73 Å². The number of nitrogens with one attached hydrogen (secondary N) is 1. The largest absolute Gasteiger partial charge is 0.353 e. The molecule has 0 bridgehead atoms. The summed E-state index contributed by atoms with van der Waals surface area (Å²) >= 11 is 0. The summed E-state index contributed by atoms with van der Waals surface area (Å²) in [5, 5.41) is 6.87. The smallest absolute Gasteiger partial charge is 0.241 e. The maximum Gasteiger partial charge on any atom is 0.241 e. The number of nitrogens with zero attached hydrogens (tertiary/aromatic N) is 2. The van der Waals surface area contributed by atoms with Crippen LogP contribution in [0.15, 0.2) is 42.7 Å². The van der Waals surface area contributed by atoms with Gasteiger partial charge in [-0.25, -0.2) is 0 Å². The predicted octanol–water partition coefficient (Wildman–Crippen LogP) is 1.43. The maximum atomic E-state index is 11.9. The molecule has 0 aliphatic heterocycles. The third kappa shape index (κ3) is 4.36. The molecule has 0 fully saturated rings. The van der Waals surface area contributed by atoms with Crippen molar-refractivity contribution in [2.45, 2.75) is 19.5 Å². The topological polar surface area (TPSA) is 72.9 Å². The van der Waals surface area contributed by atoms with Crippen molar-refractivity contribution in [3.05, 3.63) is 53.9 Å². The highest BCUT2D eigenvalue weighted by Gasteiger charge is 2.14. The fraction of sp³-hybridized carbons (Fsp3) is 0.286. The Labute approximate surface area is 124 Å². The standard InChI is InChI=1S/C14H18N4O.ClH/c1-11-3-5-12(6-4-11)13(15)14(19)16-8-10-18-9-2-7-17-18;/h2-7,9,13H,8,10,15H2,1H3,(H,16,19);1H. The SMILES string of the molecule is Cc1ccc(C(N)C(=O)NCCn2cccn2)cc1.Cl. The molecule has 0 radical (unpaired) electrons. The average Bonchev–Trinajstić information content (AvgIpc) is 2.92. The number of halogens is 1. The minimum atomic E-state index is -0.627. The van der Waals surface area contributed by atoms with Crippen LogP contribution in [0.5, 0.6) is 0 Å². The van der Waals surface area contributed by atoms with Crippen LogP contribution in [-0.4, -0.2) is 22.2 Å². The molecule has 2 aromatic rings. The molecule has 0 spiro atoms. The van der Waals surface area contributed by atoms with Crippen molar-refractivity contribution in [2.75, 3.05) is 6.54 Å². The number of hydrogen-bond acceptors (Lipinski definition) is 3. The summed E-state index contributed by atoms with van der Waals surface area (Å²) in [6.45, 7) is 3.15. The predicted molar refractivity (Wildman–Crippen MR) is 80.6 cm³/mol. The summed E-state index contributed by atoms with van der Waals surface area (Å²) in [5.74, 6) is -0.170. The fourth-order valence-corrected chi connectivity index (χ4v) is 1.76. The molecule has 0 saturated carbocycles. The van der Waals surface area contributed by atoms with Gasteiger partial charge in [-0.3, -0.25) is 9.48 Å². The zero-order valence-electron chi connectivity index (χ0n) is 11.3. The number of aromatic nitrogens is 2. The van der Waals surface area contributed by atoms with Gasteiger partial charge in [-0.2, -0.15) is 5.10 Å². The van der Waals surface area contributed by atoms with E-state index in [2.05, 4.69) is 10.4 Å². The molecule has 1 aromatic carbocycles. The van der Waals surface area contributed by atoms with E-state index in [0.717, 1.165) is 11.1 Å². The number of hydrogen-bond donors (Lipinski definition) is 2. The highest BCUT2D eigenvalue weighted by molar-refractivity contribution is 5.85. The molecule has 0 aliphatic rings. The second-order valence-electron chi connectivity index (χ2n) is 4.45. The van der Waals surface area contributed by atoms with E-state index in [1.54, 1.807) is 10.9 Å². The van der Waals surface area contributed by atoms with Gasteiger partial charge in [-0.15, -0.1) is 12.4 Å². The van der Waals surface area contributed by atoms with Crippen LogP contribution < -0.4 is 11.1 Å². The maximum absolute atomic E-state index is 11.9. The molecular weight excluding hydrogens is 276 g/mol. The van der Waals surface area contributed by atoms with E-state index in [1.807, 2.05) is 43.5 Å². The van der Waals surface area contributed by atoms with Gasteiger partial charge < -0.3 is 11.1 Å². The van der Waals surface area contributed by atoms with Crippen LogP contribution in [0.3, 0.4) is 0 Å². The Morgan fingerprint density at radius 1 is 1.40 bits per heavy atom. The number of benzene rings is 1. The molecule has 0 saturated heterocycles. The normalized spacial score (nSPS) is 11.5. The van der Waals surface area contributed by atoms with Crippen molar-refractivity contribution >= 4 is 18.3 Å². The fourth-order valence-electron chi connectivity index (χ4n) is 1.76. The molecule has 2 rings (SSSR count).